The molecule has 3 aromatic rings. The quantitative estimate of drug-likeness (QED) is 0.803. The summed E-state index contributed by atoms with van der Waals surface area (Å²) < 4.78 is 3.32. The van der Waals surface area contributed by atoms with Gasteiger partial charge in [0.05, 0.1) is 5.69 Å². The van der Waals surface area contributed by atoms with E-state index in [0.29, 0.717) is 22.1 Å². The monoisotopic (exact) mass is 316 g/mol. The third-order valence-electron chi connectivity index (χ3n) is 3.30. The lowest BCUT2D eigenvalue weighted by molar-refractivity contribution is 0.102. The third kappa shape index (κ3) is 2.58. The Morgan fingerprint density at radius 2 is 2.00 bits per heavy atom. The molecule has 2 aromatic heterocycles. The lowest BCUT2D eigenvalue weighted by atomic mass is 10.2. The van der Waals surface area contributed by atoms with Crippen molar-refractivity contribution in [1.82, 2.24) is 24.5 Å². The molecule has 0 saturated carbocycles. The van der Waals surface area contributed by atoms with Crippen LogP contribution in [0.15, 0.2) is 36.9 Å². The summed E-state index contributed by atoms with van der Waals surface area (Å²) in [6, 6.07) is 6.76. The van der Waals surface area contributed by atoms with Crippen molar-refractivity contribution in [2.75, 3.05) is 5.32 Å². The smallest absolute Gasteiger partial charge is 0.255 e. The molecule has 2 heterocycles. The number of nitrogens with zero attached hydrogens (tertiary/aromatic N) is 5. The van der Waals surface area contributed by atoms with Crippen LogP contribution in [0.2, 0.25) is 5.02 Å². The van der Waals surface area contributed by atoms with Gasteiger partial charge in [0.1, 0.15) is 18.3 Å². The molecule has 0 bridgehead atoms. The Balaban J connectivity index is 1.97. The summed E-state index contributed by atoms with van der Waals surface area (Å²) in [6.45, 7) is 1.87. The number of rotatable bonds is 3. The van der Waals surface area contributed by atoms with Crippen LogP contribution in [-0.4, -0.2) is 30.5 Å². The van der Waals surface area contributed by atoms with Crippen molar-refractivity contribution in [3.63, 3.8) is 0 Å². The molecule has 0 unspecified atom stereocenters. The number of aryl methyl sites for hydroxylation is 1. The van der Waals surface area contributed by atoms with Gasteiger partial charge in [0.2, 0.25) is 0 Å². The van der Waals surface area contributed by atoms with E-state index in [2.05, 4.69) is 20.6 Å². The maximum atomic E-state index is 12.4. The molecule has 3 rings (SSSR count). The normalized spacial score (nSPS) is 10.7. The van der Waals surface area contributed by atoms with Crippen LogP contribution >= 0.6 is 11.6 Å². The molecule has 1 aromatic carbocycles. The maximum Gasteiger partial charge on any atom is 0.255 e. The van der Waals surface area contributed by atoms with E-state index >= 15 is 0 Å². The van der Waals surface area contributed by atoms with Gasteiger partial charge in [-0.25, -0.2) is 0 Å². The molecular formula is C14H13ClN6O. The second-order valence-corrected chi connectivity index (χ2v) is 5.18. The highest BCUT2D eigenvalue weighted by Gasteiger charge is 2.18. The van der Waals surface area contributed by atoms with E-state index in [1.54, 1.807) is 40.6 Å². The van der Waals surface area contributed by atoms with Crippen LogP contribution in [0.4, 0.5) is 5.69 Å². The zero-order chi connectivity index (χ0) is 15.7. The van der Waals surface area contributed by atoms with E-state index in [4.69, 9.17) is 11.6 Å². The highest BCUT2D eigenvalue weighted by Crippen LogP contribution is 2.24. The van der Waals surface area contributed by atoms with Gasteiger partial charge in [-0.2, -0.15) is 5.10 Å². The van der Waals surface area contributed by atoms with Crippen LogP contribution < -0.4 is 5.32 Å². The Bertz CT molecular complexity index is 824. The van der Waals surface area contributed by atoms with Crippen LogP contribution in [0.25, 0.3) is 5.82 Å². The van der Waals surface area contributed by atoms with Crippen LogP contribution in [0, 0.1) is 6.92 Å². The Labute approximate surface area is 131 Å². The number of amides is 1. The zero-order valence-electron chi connectivity index (χ0n) is 12.0. The summed E-state index contributed by atoms with van der Waals surface area (Å²) in [5.41, 5.74) is 1.90. The molecule has 0 atom stereocenters. The highest BCUT2D eigenvalue weighted by molar-refractivity contribution is 6.31. The number of nitrogens with one attached hydrogen (secondary N) is 1. The van der Waals surface area contributed by atoms with Gasteiger partial charge < -0.3 is 5.32 Å². The molecule has 7 nitrogen and oxygen atoms in total. The molecule has 8 heteroatoms. The van der Waals surface area contributed by atoms with E-state index in [1.165, 1.54) is 12.7 Å². The number of anilines is 1. The number of aromatic nitrogens is 5. The lowest BCUT2D eigenvalue weighted by Gasteiger charge is -2.07. The Morgan fingerprint density at radius 3 is 2.68 bits per heavy atom. The van der Waals surface area contributed by atoms with Crippen LogP contribution in [-0.2, 0) is 7.05 Å². The minimum Gasteiger partial charge on any atom is -0.317 e. The van der Waals surface area contributed by atoms with Gasteiger partial charge in [-0.15, -0.1) is 10.2 Å². The second-order valence-electron chi connectivity index (χ2n) is 4.74. The summed E-state index contributed by atoms with van der Waals surface area (Å²) in [5.74, 6) is 0.299. The average Bonchev–Trinajstić information content (AvgIpc) is 3.11. The van der Waals surface area contributed by atoms with E-state index in [9.17, 15) is 4.79 Å². The Hall–Kier alpha value is -2.67. The summed E-state index contributed by atoms with van der Waals surface area (Å²) in [4.78, 5) is 12.4. The van der Waals surface area contributed by atoms with E-state index in [0.717, 1.165) is 5.69 Å². The van der Waals surface area contributed by atoms with Crippen molar-refractivity contribution in [1.29, 1.82) is 0 Å². The van der Waals surface area contributed by atoms with Gasteiger partial charge in [-0.1, -0.05) is 17.7 Å². The first-order valence-corrected chi connectivity index (χ1v) is 6.89. The molecule has 1 amide bonds. The van der Waals surface area contributed by atoms with Gasteiger partial charge in [0.25, 0.3) is 5.91 Å². The average molecular weight is 317 g/mol. The molecule has 22 heavy (non-hydrogen) atoms. The summed E-state index contributed by atoms with van der Waals surface area (Å²) >= 11 is 5.92. The van der Waals surface area contributed by atoms with Crippen LogP contribution in [0.3, 0.4) is 0 Å². The number of halogens is 1. The van der Waals surface area contributed by atoms with Crippen molar-refractivity contribution in [2.24, 2.45) is 7.05 Å². The zero-order valence-corrected chi connectivity index (χ0v) is 12.7. The van der Waals surface area contributed by atoms with Crippen LogP contribution in [0.5, 0.6) is 0 Å². The molecule has 0 aliphatic rings. The topological polar surface area (TPSA) is 77.6 Å². The molecule has 0 aliphatic heterocycles. The predicted octanol–water partition coefficient (Wildman–Crippen LogP) is 2.21. The molecular weight excluding hydrogens is 304 g/mol. The minimum atomic E-state index is -0.257. The van der Waals surface area contributed by atoms with E-state index in [1.807, 2.05) is 6.92 Å². The SMILES string of the molecule is Cc1c(NC(=O)c2cccc(Cl)c2)c(-n2cnnc2)nn1C. The van der Waals surface area contributed by atoms with Crippen molar-refractivity contribution in [3.05, 3.63) is 53.2 Å². The summed E-state index contributed by atoms with van der Waals surface area (Å²) in [6.07, 6.45) is 3.05. The number of hydrogen-bond acceptors (Lipinski definition) is 4. The van der Waals surface area contributed by atoms with Crippen molar-refractivity contribution < 1.29 is 4.79 Å². The Morgan fingerprint density at radius 1 is 1.27 bits per heavy atom. The molecule has 112 valence electrons. The van der Waals surface area contributed by atoms with Crippen molar-refractivity contribution in [2.45, 2.75) is 6.92 Å². The van der Waals surface area contributed by atoms with Crippen molar-refractivity contribution in [3.8, 4) is 5.82 Å². The van der Waals surface area contributed by atoms with Gasteiger partial charge in [-0.3, -0.25) is 14.0 Å². The largest absolute Gasteiger partial charge is 0.317 e. The highest BCUT2D eigenvalue weighted by atomic mass is 35.5. The number of hydrogen-bond donors (Lipinski definition) is 1. The molecule has 0 fully saturated rings. The number of carbonyl (C=O) groups excluding carboxylic acids is 1. The number of carbonyl (C=O) groups is 1. The molecule has 0 saturated heterocycles. The van der Waals surface area contributed by atoms with Crippen LogP contribution in [0.1, 0.15) is 16.1 Å². The summed E-state index contributed by atoms with van der Waals surface area (Å²) in [5, 5.41) is 15.3. The fourth-order valence-corrected chi connectivity index (χ4v) is 2.23. The van der Waals surface area contributed by atoms with Gasteiger partial charge >= 0.3 is 0 Å². The fraction of sp³-hybridized carbons (Fsp3) is 0.143. The molecule has 1 N–H and O–H groups in total. The minimum absolute atomic E-state index is 0.257. The van der Waals surface area contributed by atoms with Gasteiger partial charge in [-0.05, 0) is 25.1 Å². The van der Waals surface area contributed by atoms with E-state index < -0.39 is 0 Å². The van der Waals surface area contributed by atoms with E-state index in [-0.39, 0.29) is 5.91 Å². The van der Waals surface area contributed by atoms with Crippen molar-refractivity contribution >= 4 is 23.2 Å². The lowest BCUT2D eigenvalue weighted by Crippen LogP contribution is -2.13. The standard InChI is InChI=1S/C14H13ClN6O/c1-9-12(13(19-20(9)2)21-7-16-17-8-21)18-14(22)10-4-3-5-11(15)6-10/h3-8H,1-2H3,(H,18,22). The first-order valence-electron chi connectivity index (χ1n) is 6.52. The maximum absolute atomic E-state index is 12.4. The van der Waals surface area contributed by atoms with Gasteiger partial charge in [0, 0.05) is 17.6 Å². The third-order valence-corrected chi connectivity index (χ3v) is 3.54. The molecule has 0 spiro atoms. The first-order chi connectivity index (χ1) is 10.6. The van der Waals surface area contributed by atoms with Gasteiger partial charge in [0.15, 0.2) is 5.82 Å². The molecule has 0 aliphatic carbocycles. The first kappa shape index (κ1) is 14.3. The summed E-state index contributed by atoms with van der Waals surface area (Å²) in [7, 11) is 1.80. The second kappa shape index (κ2) is 5.61. The Kier molecular flexibility index (Phi) is 3.64. The number of benzene rings is 1. The molecule has 0 radical (unpaired) electrons. The fourth-order valence-electron chi connectivity index (χ4n) is 2.04. The predicted molar refractivity (Wildman–Crippen MR) is 82.3 cm³/mol.